The minimum atomic E-state index is -0.118. The number of anilines is 3. The van der Waals surface area contributed by atoms with Gasteiger partial charge in [0.05, 0.1) is 23.2 Å². The Labute approximate surface area is 191 Å². The van der Waals surface area contributed by atoms with Crippen LogP contribution in [0.15, 0.2) is 67.1 Å². The Hall–Kier alpha value is -4.20. The molecule has 3 aromatic heterocycles. The van der Waals surface area contributed by atoms with Crippen molar-refractivity contribution in [2.45, 2.75) is 13.3 Å². The quantitative estimate of drug-likeness (QED) is 0.376. The molecule has 1 aromatic carbocycles. The molecular formula is C25H24N5O3+. The number of hydrogen-bond donors (Lipinski definition) is 1. The first-order valence-corrected chi connectivity index (χ1v) is 10.8. The van der Waals surface area contributed by atoms with E-state index in [1.807, 2.05) is 54.3 Å². The molecule has 4 heterocycles. The molecule has 0 radical (unpaired) electrons. The number of carbonyl (C=O) groups is 1. The maximum atomic E-state index is 13.3. The van der Waals surface area contributed by atoms with E-state index in [0.29, 0.717) is 42.2 Å². The van der Waals surface area contributed by atoms with Gasteiger partial charge in [-0.2, -0.15) is 0 Å². The Balaban J connectivity index is 1.41. The number of benzene rings is 1. The Morgan fingerprint density at radius 2 is 1.94 bits per heavy atom. The molecule has 0 saturated heterocycles. The van der Waals surface area contributed by atoms with Gasteiger partial charge >= 0.3 is 0 Å². The van der Waals surface area contributed by atoms with Crippen LogP contribution in [0.25, 0.3) is 10.9 Å². The van der Waals surface area contributed by atoms with Gasteiger partial charge in [-0.15, -0.1) is 0 Å². The van der Waals surface area contributed by atoms with Crippen LogP contribution in [0, 0.1) is 0 Å². The average Bonchev–Trinajstić information content (AvgIpc) is 2.94. The van der Waals surface area contributed by atoms with E-state index in [2.05, 4.69) is 9.97 Å². The molecule has 1 aliphatic rings. The van der Waals surface area contributed by atoms with E-state index in [4.69, 9.17) is 4.74 Å². The third-order valence-corrected chi connectivity index (χ3v) is 5.85. The minimum absolute atomic E-state index is 0.118. The summed E-state index contributed by atoms with van der Waals surface area (Å²) in [4.78, 5) is 26.0. The molecule has 5 rings (SSSR count). The molecule has 0 bridgehead atoms. The summed E-state index contributed by atoms with van der Waals surface area (Å²) in [5.74, 6) is 1.90. The van der Waals surface area contributed by atoms with Gasteiger partial charge in [-0.3, -0.25) is 10.0 Å². The first kappa shape index (κ1) is 20.7. The van der Waals surface area contributed by atoms with Crippen LogP contribution in [0.5, 0.6) is 5.75 Å². The third kappa shape index (κ3) is 3.59. The fourth-order valence-corrected chi connectivity index (χ4v) is 4.15. The second-order valence-electron chi connectivity index (χ2n) is 7.81. The van der Waals surface area contributed by atoms with Crippen molar-refractivity contribution in [2.75, 3.05) is 30.0 Å². The Kier molecular flexibility index (Phi) is 5.26. The SMILES string of the molecule is CCN1c2ncc(CCOc3cc[n+](O)c4ccccc34)cc2C(=O)N(C)c2cccnc21. The number of pyridine rings is 3. The summed E-state index contributed by atoms with van der Waals surface area (Å²) in [6.45, 7) is 3.06. The summed E-state index contributed by atoms with van der Waals surface area (Å²) in [6.07, 6.45) is 5.65. The van der Waals surface area contributed by atoms with Gasteiger partial charge in [0.25, 0.3) is 11.4 Å². The fourth-order valence-electron chi connectivity index (χ4n) is 4.15. The standard InChI is InChI=1S/C25H24N5O3/c1-3-29-23-19(25(31)28(2)21-9-6-12-26-24(21)29)15-17(16-27-23)11-14-33-22-10-13-30(32)20-8-5-4-7-18(20)22/h4-10,12-13,15-16,32H,3,11,14H2,1-2H3/q+1. The molecule has 8 nitrogen and oxygen atoms in total. The van der Waals surface area contributed by atoms with Gasteiger partial charge in [0.2, 0.25) is 6.20 Å². The summed E-state index contributed by atoms with van der Waals surface area (Å²) < 4.78 is 7.10. The Morgan fingerprint density at radius 3 is 2.79 bits per heavy atom. The van der Waals surface area contributed by atoms with Crippen molar-refractivity contribution in [1.29, 1.82) is 0 Å². The lowest BCUT2D eigenvalue weighted by Crippen LogP contribution is -2.30. The molecular weight excluding hydrogens is 418 g/mol. The second kappa shape index (κ2) is 8.38. The van der Waals surface area contributed by atoms with Crippen LogP contribution >= 0.6 is 0 Å². The zero-order valence-corrected chi connectivity index (χ0v) is 18.5. The zero-order chi connectivity index (χ0) is 22.9. The fraction of sp³-hybridized carbons (Fsp3) is 0.200. The summed E-state index contributed by atoms with van der Waals surface area (Å²) in [6, 6.07) is 14.8. The van der Waals surface area contributed by atoms with E-state index in [9.17, 15) is 10.0 Å². The highest BCUT2D eigenvalue weighted by atomic mass is 16.5. The highest BCUT2D eigenvalue weighted by molar-refractivity contribution is 6.12. The summed E-state index contributed by atoms with van der Waals surface area (Å²) in [5, 5.41) is 10.8. The molecule has 0 aliphatic carbocycles. The predicted molar refractivity (Wildman–Crippen MR) is 124 cm³/mol. The zero-order valence-electron chi connectivity index (χ0n) is 18.5. The number of amides is 1. The van der Waals surface area contributed by atoms with E-state index in [1.165, 1.54) is 0 Å². The first-order valence-electron chi connectivity index (χ1n) is 10.8. The smallest absolute Gasteiger partial charge is 0.268 e. The van der Waals surface area contributed by atoms with Crippen molar-refractivity contribution >= 4 is 34.1 Å². The summed E-state index contributed by atoms with van der Waals surface area (Å²) in [7, 11) is 1.76. The predicted octanol–water partition coefficient (Wildman–Crippen LogP) is 3.52. The molecule has 4 aromatic rings. The number of ether oxygens (including phenoxy) is 1. The highest BCUT2D eigenvalue weighted by Crippen LogP contribution is 2.37. The van der Waals surface area contributed by atoms with Gasteiger partial charge < -0.3 is 14.5 Å². The number of para-hydroxylation sites is 1. The van der Waals surface area contributed by atoms with Gasteiger partial charge in [0.1, 0.15) is 11.6 Å². The van der Waals surface area contributed by atoms with Crippen LogP contribution in [-0.2, 0) is 6.42 Å². The molecule has 0 spiro atoms. The van der Waals surface area contributed by atoms with Crippen LogP contribution in [0.2, 0.25) is 0 Å². The van der Waals surface area contributed by atoms with E-state index in [1.54, 1.807) is 36.6 Å². The monoisotopic (exact) mass is 442 g/mol. The first-order chi connectivity index (χ1) is 16.1. The number of aromatic nitrogens is 3. The number of carbonyl (C=O) groups excluding carboxylic acids is 1. The largest absolute Gasteiger partial charge is 0.492 e. The van der Waals surface area contributed by atoms with Gasteiger partial charge in [0.15, 0.2) is 5.82 Å². The van der Waals surface area contributed by atoms with Crippen molar-refractivity contribution in [2.24, 2.45) is 0 Å². The maximum absolute atomic E-state index is 13.3. The molecule has 1 aliphatic heterocycles. The van der Waals surface area contributed by atoms with E-state index in [0.717, 1.165) is 27.2 Å². The summed E-state index contributed by atoms with van der Waals surface area (Å²) >= 11 is 0. The van der Waals surface area contributed by atoms with Gasteiger partial charge in [-0.05, 0) is 36.8 Å². The lowest BCUT2D eigenvalue weighted by molar-refractivity contribution is -0.884. The third-order valence-electron chi connectivity index (χ3n) is 5.85. The van der Waals surface area contributed by atoms with Crippen LogP contribution in [0.3, 0.4) is 0 Å². The number of nitrogens with zero attached hydrogens (tertiary/aromatic N) is 5. The van der Waals surface area contributed by atoms with Crippen LogP contribution in [-0.4, -0.2) is 41.3 Å². The normalized spacial score (nSPS) is 13.0. The van der Waals surface area contributed by atoms with Gasteiger partial charge in [0, 0.05) is 49.3 Å². The maximum Gasteiger partial charge on any atom is 0.268 e. The highest BCUT2D eigenvalue weighted by Gasteiger charge is 2.30. The van der Waals surface area contributed by atoms with Crippen molar-refractivity contribution < 1.29 is 19.5 Å². The molecule has 1 N–H and O–H groups in total. The number of hydrogen-bond acceptors (Lipinski definition) is 6. The van der Waals surface area contributed by atoms with Crippen molar-refractivity contribution in [3.63, 3.8) is 0 Å². The molecule has 33 heavy (non-hydrogen) atoms. The molecule has 166 valence electrons. The Morgan fingerprint density at radius 1 is 1.09 bits per heavy atom. The van der Waals surface area contributed by atoms with Crippen molar-refractivity contribution in [3.05, 3.63) is 78.2 Å². The molecule has 0 unspecified atom stereocenters. The average molecular weight is 442 g/mol. The second-order valence-corrected chi connectivity index (χ2v) is 7.81. The number of rotatable bonds is 5. The lowest BCUT2D eigenvalue weighted by atomic mass is 10.1. The molecule has 0 atom stereocenters. The number of fused-ring (bicyclic) bond motifs is 3. The molecule has 0 fully saturated rings. The Bertz CT molecular complexity index is 1360. The van der Waals surface area contributed by atoms with Gasteiger partial charge in [-0.1, -0.05) is 12.1 Å². The van der Waals surface area contributed by atoms with E-state index < -0.39 is 0 Å². The van der Waals surface area contributed by atoms with E-state index >= 15 is 0 Å². The minimum Gasteiger partial charge on any atom is -0.492 e. The molecule has 1 amide bonds. The lowest BCUT2D eigenvalue weighted by Gasteiger charge is -2.22. The molecule has 0 saturated carbocycles. The van der Waals surface area contributed by atoms with Gasteiger partial charge in [-0.25, -0.2) is 9.97 Å². The van der Waals surface area contributed by atoms with Crippen LogP contribution in [0.1, 0.15) is 22.8 Å². The van der Waals surface area contributed by atoms with Crippen LogP contribution < -0.4 is 19.3 Å². The van der Waals surface area contributed by atoms with Crippen molar-refractivity contribution in [3.8, 4) is 5.75 Å². The topological polar surface area (TPSA) is 82.7 Å². The van der Waals surface area contributed by atoms with Crippen LogP contribution in [0.4, 0.5) is 17.3 Å². The van der Waals surface area contributed by atoms with Crippen molar-refractivity contribution in [1.82, 2.24) is 9.97 Å². The molecule has 8 heteroatoms. The van der Waals surface area contributed by atoms with E-state index in [-0.39, 0.29) is 5.91 Å². The summed E-state index contributed by atoms with van der Waals surface area (Å²) in [5.41, 5.74) is 2.87.